The van der Waals surface area contributed by atoms with Crippen LogP contribution in [0.25, 0.3) is 0 Å². The van der Waals surface area contributed by atoms with Gasteiger partial charge in [-0.25, -0.2) is 43.9 Å². The van der Waals surface area contributed by atoms with Crippen LogP contribution in [-0.2, 0) is 22.4 Å². The number of nitro benzene ring substituents is 2. The summed E-state index contributed by atoms with van der Waals surface area (Å²) in [5.74, 6) is -23.3. The molecule has 0 unspecified atom stereocenters. The van der Waals surface area contributed by atoms with Gasteiger partial charge in [0.15, 0.2) is 46.5 Å². The number of aliphatic carboxylic acids is 1. The van der Waals surface area contributed by atoms with Crippen molar-refractivity contribution >= 4 is 23.3 Å². The van der Waals surface area contributed by atoms with Crippen molar-refractivity contribution in [3.8, 4) is 24.3 Å². The van der Waals surface area contributed by atoms with Gasteiger partial charge in [0, 0.05) is 41.8 Å². The molecule has 4 rings (SSSR count). The zero-order valence-corrected chi connectivity index (χ0v) is 26.0. The van der Waals surface area contributed by atoms with Gasteiger partial charge in [-0.2, -0.15) is 0 Å². The molecule has 0 atom stereocenters. The number of phenolic OH excluding ortho intramolecular Hbond substituents is 1. The predicted octanol–water partition coefficient (Wildman–Crippen LogP) is 7.78. The summed E-state index contributed by atoms with van der Waals surface area (Å²) in [5, 5.41) is 37.5. The number of rotatable bonds is 9. The number of terminal acetylenes is 1. The lowest BCUT2D eigenvalue weighted by Gasteiger charge is -2.08. The molecule has 21 heteroatoms. The molecule has 0 radical (unpaired) electrons. The summed E-state index contributed by atoms with van der Waals surface area (Å²) in [4.78, 5) is 41.1. The number of non-ortho nitro benzene ring substituents is 2. The lowest BCUT2D eigenvalue weighted by atomic mass is 10.1. The molecule has 0 spiro atoms. The highest BCUT2D eigenvalue weighted by Crippen LogP contribution is 2.26. The minimum absolute atomic E-state index is 0.0159. The molecule has 0 aliphatic rings. The minimum atomic E-state index is -2.28. The third-order valence-electron chi connectivity index (χ3n) is 6.11. The number of carboxylic acids is 1. The Labute approximate surface area is 291 Å². The van der Waals surface area contributed by atoms with E-state index < -0.39 is 117 Å². The highest BCUT2D eigenvalue weighted by molar-refractivity contribution is 5.72. The minimum Gasteiger partial charge on any atom is -0.508 e. The van der Waals surface area contributed by atoms with Crippen LogP contribution in [0.4, 0.5) is 55.3 Å². The van der Waals surface area contributed by atoms with E-state index in [1.165, 1.54) is 30.7 Å². The second kappa shape index (κ2) is 20.2. The topological polar surface area (TPSA) is 170 Å². The number of carboxylic acid groups (broad SMARTS) is 1. The average molecular weight is 768 g/mol. The normalized spacial score (nSPS) is 10.1. The van der Waals surface area contributed by atoms with Crippen molar-refractivity contribution in [1.82, 2.24) is 0 Å². The highest BCUT2D eigenvalue weighted by atomic mass is 19.2. The highest BCUT2D eigenvalue weighted by Gasteiger charge is 2.27. The number of carbonyl (C=O) groups is 2. The molecule has 0 aliphatic carbocycles. The molecule has 0 fully saturated rings. The fraction of sp³-hybridized carbons (Fsp3) is 0.125. The first-order valence-corrected chi connectivity index (χ1v) is 13.7. The number of nitrogens with zero attached hydrogens (tertiary/aromatic N) is 2. The molecule has 0 aliphatic heterocycles. The Bertz CT molecular complexity index is 1990. The number of benzene rings is 4. The summed E-state index contributed by atoms with van der Waals surface area (Å²) in [5.41, 5.74) is -2.50. The molecule has 2 N–H and O–H groups in total. The fourth-order valence-electron chi connectivity index (χ4n) is 3.59. The van der Waals surface area contributed by atoms with Gasteiger partial charge < -0.3 is 14.9 Å². The predicted molar refractivity (Wildman–Crippen MR) is 160 cm³/mol. The van der Waals surface area contributed by atoms with Crippen molar-refractivity contribution in [3.05, 3.63) is 138 Å². The second-order valence-corrected chi connectivity index (χ2v) is 9.49. The van der Waals surface area contributed by atoms with E-state index in [2.05, 4.69) is 6.42 Å². The third-order valence-corrected chi connectivity index (χ3v) is 6.11. The van der Waals surface area contributed by atoms with Crippen molar-refractivity contribution in [1.29, 1.82) is 0 Å². The summed E-state index contributed by atoms with van der Waals surface area (Å²) in [6.07, 6.45) is 2.83. The molecule has 53 heavy (non-hydrogen) atoms. The Balaban J connectivity index is 0.000000428. The van der Waals surface area contributed by atoms with Gasteiger partial charge in [-0.05, 0) is 37.1 Å². The van der Waals surface area contributed by atoms with E-state index in [9.17, 15) is 73.7 Å². The Kier molecular flexibility index (Phi) is 16.2. The maximum Gasteiger partial charge on any atom is 0.311 e. The van der Waals surface area contributed by atoms with E-state index in [1.54, 1.807) is 0 Å². The summed E-state index contributed by atoms with van der Waals surface area (Å²) in [7, 11) is 0. The first kappa shape index (κ1) is 42.4. The Morgan fingerprint density at radius 1 is 0.623 bits per heavy atom. The number of ether oxygens (including phenoxy) is 1. The van der Waals surface area contributed by atoms with Gasteiger partial charge in [0.25, 0.3) is 11.4 Å². The van der Waals surface area contributed by atoms with Crippen LogP contribution < -0.4 is 4.74 Å². The molecule has 0 amide bonds. The van der Waals surface area contributed by atoms with Crippen LogP contribution in [0.3, 0.4) is 0 Å². The van der Waals surface area contributed by atoms with Crippen LogP contribution in [0, 0.1) is 91.2 Å². The SMILES string of the molecule is O=C(CCc1c(F)c(F)c(F)c(F)c1F)Oc1ccc([N+](=O)[O-])cc1.O=C(O)CCc1c(F)c(F)c(F)c(F)c1F.O=[N+]([O-])c1ccc(O)cc1.[2H]C#C. The van der Waals surface area contributed by atoms with E-state index in [4.69, 9.17) is 16.3 Å². The molecule has 282 valence electrons. The van der Waals surface area contributed by atoms with Crippen molar-refractivity contribution in [2.45, 2.75) is 25.7 Å². The van der Waals surface area contributed by atoms with Crippen molar-refractivity contribution in [3.63, 3.8) is 0 Å². The molecule has 0 saturated heterocycles. The van der Waals surface area contributed by atoms with Gasteiger partial charge in [0.1, 0.15) is 12.9 Å². The second-order valence-electron chi connectivity index (χ2n) is 9.49. The molecule has 0 aromatic heterocycles. The van der Waals surface area contributed by atoms with Crippen LogP contribution in [-0.4, -0.2) is 32.0 Å². The zero-order chi connectivity index (χ0) is 41.4. The van der Waals surface area contributed by atoms with Gasteiger partial charge in [-0.15, -0.1) is 12.8 Å². The molecule has 0 bridgehead atoms. The number of carbonyl (C=O) groups excluding carboxylic acids is 1. The summed E-state index contributed by atoms with van der Waals surface area (Å²) >= 11 is 0. The average Bonchev–Trinajstić information content (AvgIpc) is 3.12. The monoisotopic (exact) mass is 767 g/mol. The lowest BCUT2D eigenvalue weighted by molar-refractivity contribution is -0.385. The van der Waals surface area contributed by atoms with Gasteiger partial charge in [-0.1, -0.05) is 0 Å². The number of hydrogen-bond acceptors (Lipinski definition) is 8. The molecule has 0 saturated carbocycles. The maximum atomic E-state index is 13.5. The quantitative estimate of drug-likeness (QED) is 0.0252. The molecule has 11 nitrogen and oxygen atoms in total. The van der Waals surface area contributed by atoms with Gasteiger partial charge in [0.2, 0.25) is 11.6 Å². The lowest BCUT2D eigenvalue weighted by Crippen LogP contribution is -2.12. The Morgan fingerprint density at radius 2 is 0.925 bits per heavy atom. The number of halogens is 10. The smallest absolute Gasteiger partial charge is 0.311 e. The van der Waals surface area contributed by atoms with Crippen molar-refractivity contribution < 1.29 is 79.7 Å². The third kappa shape index (κ3) is 12.2. The Morgan fingerprint density at radius 3 is 1.25 bits per heavy atom. The van der Waals surface area contributed by atoms with Crippen LogP contribution in [0.15, 0.2) is 48.5 Å². The van der Waals surface area contributed by atoms with E-state index in [0.29, 0.717) is 0 Å². The van der Waals surface area contributed by atoms with E-state index in [0.717, 1.165) is 24.3 Å². The number of phenols is 1. The van der Waals surface area contributed by atoms with Crippen molar-refractivity contribution in [2.24, 2.45) is 0 Å². The summed E-state index contributed by atoms with van der Waals surface area (Å²) in [6, 6.07) is 9.41. The first-order chi connectivity index (χ1) is 25.2. The standard InChI is InChI=1S/C15H8F5NO4.C9H5F5O2.C6H5NO3.C2H2/c16-11-9(12(17)14(19)15(20)13(11)18)5-6-10(22)25-8-3-1-7(2-4-8)21(23)24;10-5-3(1-2-4(15)16)6(11)8(13)9(14)7(5)12;8-6-3-1-5(2-4-6)7(9)10;1-2/h1-4H,5-6H2;1-2H2,(H,15,16);1-4,8H;1-2H/i;;;1D. The van der Waals surface area contributed by atoms with E-state index in [-0.39, 0.29) is 22.9 Å². The Hall–Kier alpha value is -6.72. The van der Waals surface area contributed by atoms with Gasteiger partial charge in [-0.3, -0.25) is 29.8 Å². The maximum absolute atomic E-state index is 13.5. The van der Waals surface area contributed by atoms with Crippen LogP contribution in [0.1, 0.15) is 25.3 Å². The molecule has 0 heterocycles. The number of aromatic hydroxyl groups is 1. The molecule has 4 aromatic carbocycles. The van der Waals surface area contributed by atoms with E-state index >= 15 is 0 Å². The molecular weight excluding hydrogens is 746 g/mol. The number of esters is 1. The largest absolute Gasteiger partial charge is 0.508 e. The van der Waals surface area contributed by atoms with Gasteiger partial charge in [0.05, 0.1) is 16.3 Å². The zero-order valence-electron chi connectivity index (χ0n) is 27.0. The summed E-state index contributed by atoms with van der Waals surface area (Å²) in [6.45, 7) is 0. The molecular formula is C32H20F10N2O9. The number of nitro groups is 2. The van der Waals surface area contributed by atoms with Crippen molar-refractivity contribution in [2.75, 3.05) is 0 Å². The fourth-order valence-corrected chi connectivity index (χ4v) is 3.59. The van der Waals surface area contributed by atoms with E-state index in [1.807, 2.05) is 0 Å². The van der Waals surface area contributed by atoms with Crippen LogP contribution >= 0.6 is 0 Å². The van der Waals surface area contributed by atoms with Crippen LogP contribution in [0.2, 0.25) is 0 Å². The van der Waals surface area contributed by atoms with Gasteiger partial charge >= 0.3 is 11.9 Å². The molecule has 4 aromatic rings. The van der Waals surface area contributed by atoms with Crippen LogP contribution in [0.5, 0.6) is 11.5 Å². The first-order valence-electron chi connectivity index (χ1n) is 14.2. The number of hydrogen-bond donors (Lipinski definition) is 2. The summed E-state index contributed by atoms with van der Waals surface area (Å²) < 4.78 is 140.